The van der Waals surface area contributed by atoms with E-state index in [4.69, 9.17) is 0 Å². The van der Waals surface area contributed by atoms with Gasteiger partial charge >= 0.3 is 6.18 Å². The normalized spacial score (nSPS) is 23.3. The smallest absolute Gasteiger partial charge is 0.371 e. The number of piperidine rings is 3. The first kappa shape index (κ1) is 39.7. The fourth-order valence-corrected chi connectivity index (χ4v) is 10.6. The zero-order chi connectivity index (χ0) is 42.1. The maximum absolute atomic E-state index is 13.7. The third kappa shape index (κ3) is 7.18. The number of alkyl halides is 3. The van der Waals surface area contributed by atoms with Crippen molar-refractivity contribution in [2.45, 2.75) is 83.2 Å². The predicted molar refractivity (Wildman–Crippen MR) is 214 cm³/mol. The number of likely N-dealkylation sites (tertiary alicyclic amines) is 1. The molecule has 1 N–H and O–H groups in total. The van der Waals surface area contributed by atoms with Crippen LogP contribution in [-0.4, -0.2) is 95.6 Å². The third-order valence-electron chi connectivity index (χ3n) is 13.8. The molecule has 3 aromatic rings. The lowest BCUT2D eigenvalue weighted by molar-refractivity contribution is -0.138. The van der Waals surface area contributed by atoms with Crippen LogP contribution in [0.3, 0.4) is 0 Å². The summed E-state index contributed by atoms with van der Waals surface area (Å²) in [5.74, 6) is -1.62. The highest BCUT2D eigenvalue weighted by Gasteiger charge is 2.47. The molecule has 0 aromatic heterocycles. The summed E-state index contributed by atoms with van der Waals surface area (Å²) in [6.45, 7) is 7.79. The number of fused-ring (bicyclic) bond motifs is 2. The molecule has 0 aliphatic carbocycles. The van der Waals surface area contributed by atoms with Crippen molar-refractivity contribution in [3.8, 4) is 6.07 Å². The lowest BCUT2D eigenvalue weighted by Gasteiger charge is -2.40. The third-order valence-corrected chi connectivity index (χ3v) is 13.8. The van der Waals surface area contributed by atoms with E-state index in [1.54, 1.807) is 24.3 Å². The second-order valence-corrected chi connectivity index (χ2v) is 17.6. The van der Waals surface area contributed by atoms with Crippen LogP contribution in [0.15, 0.2) is 54.6 Å². The standard InChI is InChI=1S/C45H46F3N7O5/c1-27-21-44(26-54(27)34-7-4-30(22-49)37(20-34)45(46,47)48)12-16-52(17-13-44)33-5-2-29(3-6-33)41(58)53-14-10-28(11-15-53)23-51-24-31-18-35-36(19-32(31)25-51)43(60)55(42(35)59)38-8-9-39(56)50-40(38)57/h2-7,18-20,27-28,38H,8-17,21,23-26H2,1H3,(H,50,56,57)/t27-,38?/m0/s1. The van der Waals surface area contributed by atoms with Crippen LogP contribution in [0.1, 0.15) is 105 Å². The van der Waals surface area contributed by atoms with E-state index in [-0.39, 0.29) is 35.8 Å². The van der Waals surface area contributed by atoms with Crippen LogP contribution in [0.25, 0.3) is 0 Å². The average molecular weight is 822 g/mol. The molecule has 6 aliphatic heterocycles. The molecule has 0 saturated carbocycles. The molecular formula is C45H46F3N7O5. The number of nitrogens with one attached hydrogen (secondary N) is 1. The van der Waals surface area contributed by atoms with Crippen LogP contribution in [0, 0.1) is 22.7 Å². The first-order valence-corrected chi connectivity index (χ1v) is 20.8. The second-order valence-electron chi connectivity index (χ2n) is 17.6. The van der Waals surface area contributed by atoms with Gasteiger partial charge in [0.15, 0.2) is 0 Å². The topological polar surface area (TPSA) is 137 Å². The molecule has 5 amide bonds. The maximum Gasteiger partial charge on any atom is 0.417 e. The Labute approximate surface area is 345 Å². The van der Waals surface area contributed by atoms with Gasteiger partial charge in [-0.05, 0) is 123 Å². The summed E-state index contributed by atoms with van der Waals surface area (Å²) in [4.78, 5) is 73.9. The summed E-state index contributed by atoms with van der Waals surface area (Å²) in [7, 11) is 0. The quantitative estimate of drug-likeness (QED) is 0.309. The molecule has 60 heavy (non-hydrogen) atoms. The predicted octanol–water partition coefficient (Wildman–Crippen LogP) is 5.73. The van der Waals surface area contributed by atoms with Gasteiger partial charge < -0.3 is 14.7 Å². The number of imide groups is 2. The van der Waals surface area contributed by atoms with Crippen molar-refractivity contribution in [1.82, 2.24) is 20.0 Å². The number of amides is 5. The van der Waals surface area contributed by atoms with E-state index in [2.05, 4.69) is 26.9 Å². The van der Waals surface area contributed by atoms with Gasteiger partial charge in [-0.15, -0.1) is 0 Å². The van der Waals surface area contributed by atoms with Crippen molar-refractivity contribution in [1.29, 1.82) is 5.26 Å². The number of rotatable bonds is 6. The molecule has 1 spiro atoms. The zero-order valence-corrected chi connectivity index (χ0v) is 33.4. The minimum Gasteiger partial charge on any atom is -0.371 e. The minimum atomic E-state index is -4.60. The van der Waals surface area contributed by atoms with Crippen molar-refractivity contribution >= 4 is 40.9 Å². The van der Waals surface area contributed by atoms with Gasteiger partial charge in [-0.25, -0.2) is 0 Å². The number of anilines is 2. The molecule has 9 rings (SSSR count). The van der Waals surface area contributed by atoms with Crippen LogP contribution in [-0.2, 0) is 28.9 Å². The SMILES string of the molecule is C[C@H]1CC2(CCN(c3ccc(C(=O)N4CCC(CN5Cc6cc7c(cc6C5)C(=O)N(C5CCC(=O)NC5=O)C7=O)CC4)cc3)CC2)CN1c1ccc(C#N)c(C(F)(F)F)c1. The number of nitriles is 1. The molecule has 312 valence electrons. The highest BCUT2D eigenvalue weighted by atomic mass is 19.4. The van der Waals surface area contributed by atoms with E-state index in [1.165, 1.54) is 6.07 Å². The fourth-order valence-electron chi connectivity index (χ4n) is 10.6. The van der Waals surface area contributed by atoms with E-state index in [0.717, 1.165) is 79.5 Å². The van der Waals surface area contributed by atoms with Crippen molar-refractivity contribution in [2.24, 2.45) is 11.3 Å². The Balaban J connectivity index is 0.747. The lowest BCUT2D eigenvalue weighted by atomic mass is 9.76. The summed E-state index contributed by atoms with van der Waals surface area (Å²) in [6, 6.07) is 16.2. The largest absolute Gasteiger partial charge is 0.417 e. The highest BCUT2D eigenvalue weighted by Crippen LogP contribution is 2.46. The van der Waals surface area contributed by atoms with Gasteiger partial charge in [-0.2, -0.15) is 18.4 Å². The zero-order valence-electron chi connectivity index (χ0n) is 33.4. The van der Waals surface area contributed by atoms with E-state index in [1.807, 2.05) is 29.2 Å². The Morgan fingerprint density at radius 1 is 0.867 bits per heavy atom. The van der Waals surface area contributed by atoms with E-state index >= 15 is 0 Å². The van der Waals surface area contributed by atoms with Crippen LogP contribution in [0.4, 0.5) is 24.5 Å². The summed E-state index contributed by atoms with van der Waals surface area (Å²) < 4.78 is 41.1. The molecular weight excluding hydrogens is 776 g/mol. The Morgan fingerprint density at radius 3 is 2.10 bits per heavy atom. The molecule has 4 fully saturated rings. The number of nitrogens with zero attached hydrogens (tertiary/aromatic N) is 6. The Morgan fingerprint density at radius 2 is 1.50 bits per heavy atom. The molecule has 4 saturated heterocycles. The number of hydrogen-bond acceptors (Lipinski definition) is 9. The number of hydrogen-bond donors (Lipinski definition) is 1. The van der Waals surface area contributed by atoms with Gasteiger partial charge in [0.1, 0.15) is 6.04 Å². The van der Waals surface area contributed by atoms with Crippen molar-refractivity contribution in [2.75, 3.05) is 49.1 Å². The van der Waals surface area contributed by atoms with Crippen LogP contribution in [0.5, 0.6) is 0 Å². The van der Waals surface area contributed by atoms with Gasteiger partial charge in [0, 0.05) is 81.8 Å². The molecule has 12 nitrogen and oxygen atoms in total. The van der Waals surface area contributed by atoms with Gasteiger partial charge in [0.05, 0.1) is 28.3 Å². The first-order valence-electron chi connectivity index (χ1n) is 20.8. The minimum absolute atomic E-state index is 0.00656. The maximum atomic E-state index is 13.7. The molecule has 0 bridgehead atoms. The van der Waals surface area contributed by atoms with Crippen molar-refractivity contribution in [3.05, 3.63) is 93.5 Å². The highest BCUT2D eigenvalue weighted by molar-refractivity contribution is 6.23. The molecule has 3 aromatic carbocycles. The molecule has 2 atom stereocenters. The summed E-state index contributed by atoms with van der Waals surface area (Å²) in [5.41, 5.74) is 3.52. The van der Waals surface area contributed by atoms with E-state index in [9.17, 15) is 42.4 Å². The summed E-state index contributed by atoms with van der Waals surface area (Å²) >= 11 is 0. The Bertz CT molecular complexity index is 2280. The van der Waals surface area contributed by atoms with Gasteiger partial charge in [0.25, 0.3) is 17.7 Å². The van der Waals surface area contributed by atoms with Crippen molar-refractivity contribution < 1.29 is 37.1 Å². The monoisotopic (exact) mass is 821 g/mol. The van der Waals surface area contributed by atoms with E-state index < -0.39 is 41.4 Å². The molecule has 0 radical (unpaired) electrons. The average Bonchev–Trinajstić information content (AvgIpc) is 3.86. The lowest BCUT2D eigenvalue weighted by Crippen LogP contribution is -2.54. The van der Waals surface area contributed by atoms with Crippen LogP contribution >= 0.6 is 0 Å². The number of carbonyl (C=O) groups is 5. The molecule has 1 unspecified atom stereocenters. The first-order chi connectivity index (χ1) is 28.7. The number of carbonyl (C=O) groups excluding carboxylic acids is 5. The van der Waals surface area contributed by atoms with Crippen LogP contribution < -0.4 is 15.1 Å². The summed E-state index contributed by atoms with van der Waals surface area (Å²) in [6.07, 6.45) is 0.0319. The summed E-state index contributed by atoms with van der Waals surface area (Å²) in [5, 5.41) is 11.5. The van der Waals surface area contributed by atoms with Gasteiger partial charge in [0.2, 0.25) is 11.8 Å². The molecule has 15 heteroatoms. The second kappa shape index (κ2) is 15.1. The number of benzene rings is 3. The Hall–Kier alpha value is -5.75. The fraction of sp³-hybridized carbons (Fsp3) is 0.467. The van der Waals surface area contributed by atoms with E-state index in [0.29, 0.717) is 61.0 Å². The van der Waals surface area contributed by atoms with Gasteiger partial charge in [-0.1, -0.05) is 0 Å². The Kier molecular flexibility index (Phi) is 9.96. The number of halogens is 3. The van der Waals surface area contributed by atoms with Crippen molar-refractivity contribution in [3.63, 3.8) is 0 Å². The molecule has 6 aliphatic rings. The van der Waals surface area contributed by atoms with Gasteiger partial charge in [-0.3, -0.25) is 39.1 Å². The van der Waals surface area contributed by atoms with Crippen LogP contribution in [0.2, 0.25) is 0 Å². The molecule has 6 heterocycles.